The van der Waals surface area contributed by atoms with Crippen molar-refractivity contribution < 1.29 is 17.7 Å². The minimum Gasteiger partial charge on any atom is -0.258 e. The van der Waals surface area contributed by atoms with Crippen LogP contribution in [0, 0.1) is 22.9 Å². The number of nitro benzene ring substituents is 1. The van der Waals surface area contributed by atoms with E-state index in [2.05, 4.69) is 4.72 Å². The van der Waals surface area contributed by atoms with Crippen LogP contribution in [0.4, 0.5) is 10.1 Å². The molecule has 1 N–H and O–H groups in total. The number of aryl methyl sites for hydroxylation is 1. The summed E-state index contributed by atoms with van der Waals surface area (Å²) in [5.41, 5.74) is 0.125. The molecule has 3 aromatic rings. The number of non-ortho nitro benzene ring substituents is 1. The zero-order valence-electron chi connectivity index (χ0n) is 13.0. The second-order valence-electron chi connectivity index (χ2n) is 5.43. The molecule has 0 aliphatic rings. The van der Waals surface area contributed by atoms with E-state index in [4.69, 9.17) is 0 Å². The molecule has 3 rings (SSSR count). The SMILES string of the molecule is Cc1ccc([N+](=O)[O-])cc1S(=O)(=O)NCc1cc2cc(F)ccc2s1. The largest absolute Gasteiger partial charge is 0.270 e. The summed E-state index contributed by atoms with van der Waals surface area (Å²) in [5.74, 6) is -0.357. The molecule has 0 aliphatic heterocycles. The van der Waals surface area contributed by atoms with Crippen LogP contribution in [0.3, 0.4) is 0 Å². The minimum atomic E-state index is -3.91. The Hall–Kier alpha value is -2.36. The highest BCUT2D eigenvalue weighted by molar-refractivity contribution is 7.89. The second kappa shape index (κ2) is 6.51. The molecule has 0 bridgehead atoms. The van der Waals surface area contributed by atoms with E-state index in [-0.39, 0.29) is 22.9 Å². The lowest BCUT2D eigenvalue weighted by Crippen LogP contribution is -2.23. The third-order valence-electron chi connectivity index (χ3n) is 3.64. The van der Waals surface area contributed by atoms with Gasteiger partial charge in [-0.2, -0.15) is 0 Å². The summed E-state index contributed by atoms with van der Waals surface area (Å²) < 4.78 is 41.5. The summed E-state index contributed by atoms with van der Waals surface area (Å²) in [5, 5.41) is 11.6. The molecule has 6 nitrogen and oxygen atoms in total. The van der Waals surface area contributed by atoms with Gasteiger partial charge in [0.15, 0.2) is 0 Å². The van der Waals surface area contributed by atoms with Gasteiger partial charge in [0.05, 0.1) is 9.82 Å². The molecule has 2 aromatic carbocycles. The summed E-state index contributed by atoms with van der Waals surface area (Å²) in [7, 11) is -3.91. The third-order valence-corrected chi connectivity index (χ3v) is 6.30. The summed E-state index contributed by atoms with van der Waals surface area (Å²) in [6.45, 7) is 1.59. The van der Waals surface area contributed by atoms with Crippen molar-refractivity contribution in [2.75, 3.05) is 0 Å². The lowest BCUT2D eigenvalue weighted by molar-refractivity contribution is -0.385. The molecule has 0 amide bonds. The molecule has 0 unspecified atom stereocenters. The van der Waals surface area contributed by atoms with Crippen LogP contribution in [-0.2, 0) is 16.6 Å². The van der Waals surface area contributed by atoms with E-state index < -0.39 is 14.9 Å². The van der Waals surface area contributed by atoms with E-state index in [1.165, 1.54) is 35.6 Å². The molecule has 0 fully saturated rings. The Kier molecular flexibility index (Phi) is 4.55. The number of rotatable bonds is 5. The Labute approximate surface area is 147 Å². The van der Waals surface area contributed by atoms with Crippen LogP contribution < -0.4 is 4.72 Å². The van der Waals surface area contributed by atoms with Crippen LogP contribution >= 0.6 is 11.3 Å². The van der Waals surface area contributed by atoms with E-state index in [0.29, 0.717) is 15.8 Å². The smallest absolute Gasteiger partial charge is 0.258 e. The Morgan fingerprint density at radius 3 is 2.68 bits per heavy atom. The molecule has 0 saturated carbocycles. The highest BCUT2D eigenvalue weighted by atomic mass is 32.2. The molecule has 130 valence electrons. The topological polar surface area (TPSA) is 89.3 Å². The molecule has 0 radical (unpaired) electrons. The summed E-state index contributed by atoms with van der Waals surface area (Å²) >= 11 is 1.35. The van der Waals surface area contributed by atoms with Gasteiger partial charge in [-0.1, -0.05) is 6.07 Å². The van der Waals surface area contributed by atoms with Crippen LogP contribution in [0.15, 0.2) is 47.4 Å². The average molecular weight is 380 g/mol. The van der Waals surface area contributed by atoms with Gasteiger partial charge in [0.25, 0.3) is 5.69 Å². The van der Waals surface area contributed by atoms with Crippen molar-refractivity contribution in [3.05, 3.63) is 68.8 Å². The van der Waals surface area contributed by atoms with Crippen LogP contribution in [0.5, 0.6) is 0 Å². The van der Waals surface area contributed by atoms with Gasteiger partial charge in [0.1, 0.15) is 5.82 Å². The zero-order valence-corrected chi connectivity index (χ0v) is 14.7. The van der Waals surface area contributed by atoms with Gasteiger partial charge in [-0.15, -0.1) is 11.3 Å². The molecule has 25 heavy (non-hydrogen) atoms. The van der Waals surface area contributed by atoms with Crippen molar-refractivity contribution in [3.63, 3.8) is 0 Å². The standard InChI is InChI=1S/C16H13FN2O4S2/c1-10-2-4-13(19(20)21)8-16(10)25(22,23)18-9-14-7-11-6-12(17)3-5-15(11)24-14/h2-8,18H,9H2,1H3. The van der Waals surface area contributed by atoms with Crippen molar-refractivity contribution in [1.29, 1.82) is 0 Å². The number of fused-ring (bicyclic) bond motifs is 1. The van der Waals surface area contributed by atoms with E-state index in [1.807, 2.05) is 0 Å². The number of sulfonamides is 1. The van der Waals surface area contributed by atoms with Gasteiger partial charge < -0.3 is 0 Å². The van der Waals surface area contributed by atoms with E-state index in [0.717, 1.165) is 10.8 Å². The molecule has 0 atom stereocenters. The number of hydrogen-bond donors (Lipinski definition) is 1. The predicted molar refractivity (Wildman–Crippen MR) is 93.6 cm³/mol. The summed E-state index contributed by atoms with van der Waals surface area (Å²) in [6.07, 6.45) is 0. The Morgan fingerprint density at radius 2 is 1.96 bits per heavy atom. The maximum atomic E-state index is 13.2. The summed E-state index contributed by atoms with van der Waals surface area (Å²) in [6, 6.07) is 9.78. The quantitative estimate of drug-likeness (QED) is 0.539. The fourth-order valence-corrected chi connectivity index (χ4v) is 4.74. The van der Waals surface area contributed by atoms with Gasteiger partial charge in [0.2, 0.25) is 10.0 Å². The fraction of sp³-hybridized carbons (Fsp3) is 0.125. The first-order valence-electron chi connectivity index (χ1n) is 7.19. The molecule has 9 heteroatoms. The van der Waals surface area contributed by atoms with Crippen molar-refractivity contribution in [2.45, 2.75) is 18.4 Å². The summed E-state index contributed by atoms with van der Waals surface area (Å²) in [4.78, 5) is 10.8. The minimum absolute atomic E-state index is 0.0193. The molecule has 0 aliphatic carbocycles. The van der Waals surface area contributed by atoms with Crippen LogP contribution in [-0.4, -0.2) is 13.3 Å². The molecule has 0 saturated heterocycles. The van der Waals surface area contributed by atoms with E-state index in [1.54, 1.807) is 19.1 Å². The van der Waals surface area contributed by atoms with Crippen LogP contribution in [0.1, 0.15) is 10.4 Å². The van der Waals surface area contributed by atoms with E-state index >= 15 is 0 Å². The number of hydrogen-bond acceptors (Lipinski definition) is 5. The van der Waals surface area contributed by atoms with Crippen molar-refractivity contribution in [2.24, 2.45) is 0 Å². The van der Waals surface area contributed by atoms with Gasteiger partial charge >= 0.3 is 0 Å². The fourth-order valence-electron chi connectivity index (χ4n) is 2.39. The number of nitro groups is 1. The molecule has 0 spiro atoms. The number of nitrogens with zero attached hydrogens (tertiary/aromatic N) is 1. The number of halogens is 1. The Bertz CT molecular complexity index is 1080. The highest BCUT2D eigenvalue weighted by Gasteiger charge is 2.20. The van der Waals surface area contributed by atoms with Crippen LogP contribution in [0.25, 0.3) is 10.1 Å². The number of benzene rings is 2. The van der Waals surface area contributed by atoms with Crippen molar-refractivity contribution >= 4 is 37.1 Å². The molecule has 1 aromatic heterocycles. The average Bonchev–Trinajstić information content (AvgIpc) is 2.95. The zero-order chi connectivity index (χ0) is 18.2. The van der Waals surface area contributed by atoms with Crippen molar-refractivity contribution in [3.8, 4) is 0 Å². The maximum absolute atomic E-state index is 13.2. The first-order chi connectivity index (χ1) is 11.8. The molecule has 1 heterocycles. The normalized spacial score (nSPS) is 11.8. The van der Waals surface area contributed by atoms with Gasteiger partial charge in [0, 0.05) is 28.3 Å². The van der Waals surface area contributed by atoms with Crippen LogP contribution in [0.2, 0.25) is 0 Å². The lowest BCUT2D eigenvalue weighted by atomic mass is 10.2. The van der Waals surface area contributed by atoms with Crippen molar-refractivity contribution in [1.82, 2.24) is 4.72 Å². The predicted octanol–water partition coefficient (Wildman–Crippen LogP) is 3.74. The second-order valence-corrected chi connectivity index (χ2v) is 8.33. The monoisotopic (exact) mass is 380 g/mol. The van der Waals surface area contributed by atoms with Gasteiger partial charge in [-0.05, 0) is 42.1 Å². The molecular formula is C16H13FN2O4S2. The number of nitrogens with one attached hydrogen (secondary N) is 1. The first-order valence-corrected chi connectivity index (χ1v) is 9.49. The lowest BCUT2D eigenvalue weighted by Gasteiger charge is -2.08. The Balaban J connectivity index is 1.86. The van der Waals surface area contributed by atoms with Gasteiger partial charge in [-0.25, -0.2) is 17.5 Å². The van der Waals surface area contributed by atoms with Gasteiger partial charge in [-0.3, -0.25) is 10.1 Å². The first kappa shape index (κ1) is 17.5. The number of thiophene rings is 1. The molecular weight excluding hydrogens is 367 g/mol. The Morgan fingerprint density at radius 1 is 1.20 bits per heavy atom. The van der Waals surface area contributed by atoms with E-state index in [9.17, 15) is 22.9 Å². The third kappa shape index (κ3) is 3.68. The highest BCUT2D eigenvalue weighted by Crippen LogP contribution is 2.27. The maximum Gasteiger partial charge on any atom is 0.270 e.